The Morgan fingerprint density at radius 1 is 1.25 bits per heavy atom. The van der Waals surface area contributed by atoms with Gasteiger partial charge in [0.15, 0.2) is 0 Å². The highest BCUT2D eigenvalue weighted by molar-refractivity contribution is 5.25. The summed E-state index contributed by atoms with van der Waals surface area (Å²) in [5, 5.41) is 0. The molecule has 1 atom stereocenters. The fraction of sp³-hybridized carbons (Fsp3) is 0.600. The van der Waals surface area contributed by atoms with Gasteiger partial charge in [-0.2, -0.15) is 0 Å². The van der Waals surface area contributed by atoms with E-state index in [1.807, 2.05) is 0 Å². The summed E-state index contributed by atoms with van der Waals surface area (Å²) in [5.41, 5.74) is 2.89. The smallest absolute Gasteiger partial charge is 0.0497 e. The van der Waals surface area contributed by atoms with E-state index in [-0.39, 0.29) is 0 Å². The molecule has 1 saturated heterocycles. The van der Waals surface area contributed by atoms with Crippen LogP contribution in [0.4, 0.5) is 0 Å². The van der Waals surface area contributed by atoms with E-state index in [2.05, 4.69) is 38.1 Å². The van der Waals surface area contributed by atoms with Gasteiger partial charge in [-0.15, -0.1) is 0 Å². The number of rotatable bonds is 3. The molecule has 1 unspecified atom stereocenters. The Morgan fingerprint density at radius 3 is 2.56 bits per heavy atom. The van der Waals surface area contributed by atoms with Crippen LogP contribution < -0.4 is 0 Å². The van der Waals surface area contributed by atoms with E-state index in [4.69, 9.17) is 4.74 Å². The molecule has 0 spiro atoms. The van der Waals surface area contributed by atoms with Crippen molar-refractivity contribution < 1.29 is 4.74 Å². The Bertz CT molecular complexity index is 307. The summed E-state index contributed by atoms with van der Waals surface area (Å²) in [6, 6.07) is 9.10. The second-order valence-electron chi connectivity index (χ2n) is 5.18. The van der Waals surface area contributed by atoms with Crippen LogP contribution in [0.15, 0.2) is 24.3 Å². The summed E-state index contributed by atoms with van der Waals surface area (Å²) in [7, 11) is 0. The average molecular weight is 218 g/mol. The third-order valence-corrected chi connectivity index (χ3v) is 3.43. The molecule has 1 aromatic carbocycles. The van der Waals surface area contributed by atoms with E-state index < -0.39 is 0 Å². The Labute approximate surface area is 98.8 Å². The van der Waals surface area contributed by atoms with Gasteiger partial charge in [0.25, 0.3) is 0 Å². The van der Waals surface area contributed by atoms with Crippen molar-refractivity contribution in [2.75, 3.05) is 13.2 Å². The number of hydrogen-bond donors (Lipinski definition) is 0. The zero-order chi connectivity index (χ0) is 11.4. The van der Waals surface area contributed by atoms with Crippen LogP contribution in [0.25, 0.3) is 0 Å². The van der Waals surface area contributed by atoms with Crippen molar-refractivity contribution in [3.63, 3.8) is 0 Å². The second kappa shape index (κ2) is 5.49. The number of ether oxygens (including phenoxy) is 1. The standard InChI is InChI=1S/C15H22O/c1-12(2)15-7-5-13(6-8-15)10-14-4-3-9-16-11-14/h5-8,12,14H,3-4,9-11H2,1-2H3. The summed E-state index contributed by atoms with van der Waals surface area (Å²) >= 11 is 0. The lowest BCUT2D eigenvalue weighted by molar-refractivity contribution is 0.0550. The minimum Gasteiger partial charge on any atom is -0.381 e. The predicted molar refractivity (Wildman–Crippen MR) is 67.8 cm³/mol. The first-order chi connectivity index (χ1) is 7.75. The minimum atomic E-state index is 0.632. The highest BCUT2D eigenvalue weighted by atomic mass is 16.5. The van der Waals surface area contributed by atoms with Crippen molar-refractivity contribution in [3.8, 4) is 0 Å². The molecule has 1 fully saturated rings. The Hall–Kier alpha value is -0.820. The highest BCUT2D eigenvalue weighted by Crippen LogP contribution is 2.20. The predicted octanol–water partition coefficient (Wildman–Crippen LogP) is 3.78. The Kier molecular flexibility index (Phi) is 4.00. The monoisotopic (exact) mass is 218 g/mol. The molecule has 1 heteroatoms. The van der Waals surface area contributed by atoms with Crippen molar-refractivity contribution in [1.82, 2.24) is 0 Å². The third kappa shape index (κ3) is 3.08. The maximum Gasteiger partial charge on any atom is 0.0497 e. The number of hydrogen-bond acceptors (Lipinski definition) is 1. The molecule has 2 rings (SSSR count). The molecule has 1 aliphatic heterocycles. The van der Waals surface area contributed by atoms with Crippen LogP contribution in [0.1, 0.15) is 43.7 Å². The Morgan fingerprint density at radius 2 is 2.00 bits per heavy atom. The average Bonchev–Trinajstić information content (AvgIpc) is 2.31. The molecule has 0 saturated carbocycles. The van der Waals surface area contributed by atoms with E-state index in [0.29, 0.717) is 5.92 Å². The molecule has 16 heavy (non-hydrogen) atoms. The van der Waals surface area contributed by atoms with Crippen LogP contribution in [0.2, 0.25) is 0 Å². The molecule has 0 aliphatic carbocycles. The van der Waals surface area contributed by atoms with Crippen LogP contribution in [0.5, 0.6) is 0 Å². The summed E-state index contributed by atoms with van der Waals surface area (Å²) in [6.07, 6.45) is 3.74. The quantitative estimate of drug-likeness (QED) is 0.750. The van der Waals surface area contributed by atoms with Gasteiger partial charge >= 0.3 is 0 Å². The summed E-state index contributed by atoms with van der Waals surface area (Å²) < 4.78 is 5.52. The maximum absolute atomic E-state index is 5.52. The summed E-state index contributed by atoms with van der Waals surface area (Å²) in [4.78, 5) is 0. The maximum atomic E-state index is 5.52. The highest BCUT2D eigenvalue weighted by Gasteiger charge is 2.14. The molecule has 1 heterocycles. The molecule has 0 aromatic heterocycles. The van der Waals surface area contributed by atoms with Crippen LogP contribution in [-0.4, -0.2) is 13.2 Å². The van der Waals surface area contributed by atoms with Gasteiger partial charge in [-0.25, -0.2) is 0 Å². The molecule has 0 amide bonds. The summed E-state index contributed by atoms with van der Waals surface area (Å²) in [5.74, 6) is 1.37. The van der Waals surface area contributed by atoms with Crippen LogP contribution >= 0.6 is 0 Å². The molecule has 1 nitrogen and oxygen atoms in total. The molecule has 0 bridgehead atoms. The first-order valence-corrected chi connectivity index (χ1v) is 6.42. The Balaban J connectivity index is 1.93. The fourth-order valence-electron chi connectivity index (χ4n) is 2.34. The van der Waals surface area contributed by atoms with Gasteiger partial charge in [-0.05, 0) is 42.2 Å². The van der Waals surface area contributed by atoms with E-state index in [9.17, 15) is 0 Å². The van der Waals surface area contributed by atoms with Crippen molar-refractivity contribution in [3.05, 3.63) is 35.4 Å². The van der Waals surface area contributed by atoms with Crippen molar-refractivity contribution in [2.24, 2.45) is 5.92 Å². The zero-order valence-corrected chi connectivity index (χ0v) is 10.4. The van der Waals surface area contributed by atoms with Gasteiger partial charge in [-0.3, -0.25) is 0 Å². The molecule has 0 radical (unpaired) electrons. The largest absolute Gasteiger partial charge is 0.381 e. The van der Waals surface area contributed by atoms with Gasteiger partial charge in [0.1, 0.15) is 0 Å². The molecule has 0 N–H and O–H groups in total. The first-order valence-electron chi connectivity index (χ1n) is 6.42. The third-order valence-electron chi connectivity index (χ3n) is 3.43. The van der Waals surface area contributed by atoms with E-state index in [1.54, 1.807) is 0 Å². The zero-order valence-electron chi connectivity index (χ0n) is 10.4. The lowest BCUT2D eigenvalue weighted by Gasteiger charge is -2.22. The molecular weight excluding hydrogens is 196 g/mol. The van der Waals surface area contributed by atoms with Crippen LogP contribution in [0, 0.1) is 5.92 Å². The van der Waals surface area contributed by atoms with Crippen LogP contribution in [-0.2, 0) is 11.2 Å². The molecule has 1 aromatic rings. The lowest BCUT2D eigenvalue weighted by atomic mass is 9.93. The van der Waals surface area contributed by atoms with Crippen molar-refractivity contribution in [1.29, 1.82) is 0 Å². The van der Waals surface area contributed by atoms with Crippen molar-refractivity contribution >= 4 is 0 Å². The van der Waals surface area contributed by atoms with Gasteiger partial charge in [0.05, 0.1) is 0 Å². The molecular formula is C15H22O. The topological polar surface area (TPSA) is 9.23 Å². The van der Waals surface area contributed by atoms with Crippen molar-refractivity contribution in [2.45, 2.75) is 39.0 Å². The normalized spacial score (nSPS) is 21.3. The van der Waals surface area contributed by atoms with Gasteiger partial charge < -0.3 is 4.74 Å². The minimum absolute atomic E-state index is 0.632. The van der Waals surface area contributed by atoms with Gasteiger partial charge in [-0.1, -0.05) is 38.1 Å². The molecule has 88 valence electrons. The first kappa shape index (κ1) is 11.7. The fourth-order valence-corrected chi connectivity index (χ4v) is 2.34. The van der Waals surface area contributed by atoms with Gasteiger partial charge in [0.2, 0.25) is 0 Å². The number of benzene rings is 1. The van der Waals surface area contributed by atoms with Gasteiger partial charge in [0, 0.05) is 13.2 Å². The van der Waals surface area contributed by atoms with E-state index >= 15 is 0 Å². The van der Waals surface area contributed by atoms with E-state index in [0.717, 1.165) is 19.1 Å². The lowest BCUT2D eigenvalue weighted by Crippen LogP contribution is -2.19. The second-order valence-corrected chi connectivity index (χ2v) is 5.18. The summed E-state index contributed by atoms with van der Waals surface area (Å²) in [6.45, 7) is 6.39. The molecule has 1 aliphatic rings. The SMILES string of the molecule is CC(C)c1ccc(CC2CCCOC2)cc1. The van der Waals surface area contributed by atoms with Crippen LogP contribution in [0.3, 0.4) is 0 Å². The van der Waals surface area contributed by atoms with E-state index in [1.165, 1.54) is 30.4 Å².